The Balaban J connectivity index is 2.00. The van der Waals surface area contributed by atoms with Gasteiger partial charge in [-0.25, -0.2) is 4.98 Å². The highest BCUT2D eigenvalue weighted by Crippen LogP contribution is 2.30. The molecule has 1 atom stereocenters. The zero-order valence-electron chi connectivity index (χ0n) is 11.5. The third-order valence-corrected chi connectivity index (χ3v) is 4.16. The molecule has 1 saturated heterocycles. The lowest BCUT2D eigenvalue weighted by atomic mass is 10.00. The van der Waals surface area contributed by atoms with E-state index in [-0.39, 0.29) is 0 Å². The summed E-state index contributed by atoms with van der Waals surface area (Å²) < 4.78 is 2.11. The van der Waals surface area contributed by atoms with Crippen molar-refractivity contribution in [2.45, 2.75) is 38.8 Å². The summed E-state index contributed by atoms with van der Waals surface area (Å²) in [6, 6.07) is 4.58. The van der Waals surface area contributed by atoms with Gasteiger partial charge in [-0.3, -0.25) is 4.90 Å². The third-order valence-electron chi connectivity index (χ3n) is 4.16. The van der Waals surface area contributed by atoms with Crippen LogP contribution in [0.1, 0.15) is 43.5 Å². The number of nitrogens with zero attached hydrogens (tertiary/aromatic N) is 3. The first kappa shape index (κ1) is 12.6. The molecule has 19 heavy (non-hydrogen) atoms. The van der Waals surface area contributed by atoms with Gasteiger partial charge in [0.1, 0.15) is 5.65 Å². The van der Waals surface area contributed by atoms with E-state index in [1.165, 1.54) is 31.5 Å². The van der Waals surface area contributed by atoms with E-state index in [0.717, 1.165) is 17.8 Å². The van der Waals surface area contributed by atoms with Crippen LogP contribution in [0.5, 0.6) is 0 Å². The Kier molecular flexibility index (Phi) is 3.53. The number of rotatable bonds is 3. The Morgan fingerprint density at radius 1 is 1.42 bits per heavy atom. The molecule has 2 N–H and O–H groups in total. The Hall–Kier alpha value is -1.39. The van der Waals surface area contributed by atoms with Crippen LogP contribution >= 0.6 is 0 Å². The number of hydrogen-bond donors (Lipinski definition) is 1. The van der Waals surface area contributed by atoms with Gasteiger partial charge in [-0.2, -0.15) is 0 Å². The molecular formula is C15H22N4. The monoisotopic (exact) mass is 258 g/mol. The van der Waals surface area contributed by atoms with Gasteiger partial charge in [0.15, 0.2) is 0 Å². The normalized spacial score (nSPS) is 21.1. The van der Waals surface area contributed by atoms with Gasteiger partial charge in [-0.15, -0.1) is 0 Å². The molecule has 2 aromatic rings. The fraction of sp³-hybridized carbons (Fsp3) is 0.533. The summed E-state index contributed by atoms with van der Waals surface area (Å²) in [6.45, 7) is 5.07. The smallest absolute Gasteiger partial charge is 0.141 e. The number of likely N-dealkylation sites (tertiary alicyclic amines) is 1. The van der Waals surface area contributed by atoms with Crippen LogP contribution in [0.15, 0.2) is 24.5 Å². The van der Waals surface area contributed by atoms with Crippen molar-refractivity contribution in [2.75, 3.05) is 13.1 Å². The van der Waals surface area contributed by atoms with Crippen LogP contribution in [-0.2, 0) is 6.54 Å². The standard InChI is InChI=1S/C15H22N4/c1-2-18-8-4-3-7-14(18)13-11-19-9-5-6-12(10-16)15(19)17-13/h5-6,9,11,14H,2-4,7-8,10,16H2,1H3. The van der Waals surface area contributed by atoms with E-state index in [1.54, 1.807) is 0 Å². The molecule has 4 heteroatoms. The lowest BCUT2D eigenvalue weighted by Crippen LogP contribution is -2.33. The zero-order chi connectivity index (χ0) is 13.2. The average Bonchev–Trinajstić information content (AvgIpc) is 2.90. The summed E-state index contributed by atoms with van der Waals surface area (Å²) in [5.74, 6) is 0. The first-order chi connectivity index (χ1) is 9.33. The van der Waals surface area contributed by atoms with Crippen molar-refractivity contribution in [1.29, 1.82) is 0 Å². The van der Waals surface area contributed by atoms with Crippen LogP contribution in [0.25, 0.3) is 5.65 Å². The second-order valence-corrected chi connectivity index (χ2v) is 5.27. The highest BCUT2D eigenvalue weighted by atomic mass is 15.2. The van der Waals surface area contributed by atoms with Crippen molar-refractivity contribution in [3.63, 3.8) is 0 Å². The zero-order valence-corrected chi connectivity index (χ0v) is 11.5. The molecule has 1 aliphatic heterocycles. The summed E-state index contributed by atoms with van der Waals surface area (Å²) in [5, 5.41) is 0. The van der Waals surface area contributed by atoms with E-state index < -0.39 is 0 Å². The van der Waals surface area contributed by atoms with Crippen LogP contribution in [0, 0.1) is 0 Å². The molecule has 3 heterocycles. The van der Waals surface area contributed by atoms with Gasteiger partial charge >= 0.3 is 0 Å². The van der Waals surface area contributed by atoms with Gasteiger partial charge in [0.05, 0.1) is 11.7 Å². The summed E-state index contributed by atoms with van der Waals surface area (Å²) in [5.41, 5.74) is 9.12. The Bertz CT molecular complexity index is 560. The lowest BCUT2D eigenvalue weighted by molar-refractivity contribution is 0.154. The fourth-order valence-electron chi connectivity index (χ4n) is 3.11. The number of imidazole rings is 1. The largest absolute Gasteiger partial charge is 0.326 e. The van der Waals surface area contributed by atoms with E-state index in [1.807, 2.05) is 6.07 Å². The predicted octanol–water partition coefficient (Wildman–Crippen LogP) is 2.34. The van der Waals surface area contributed by atoms with E-state index in [0.29, 0.717) is 12.6 Å². The van der Waals surface area contributed by atoms with Gasteiger partial charge in [0.25, 0.3) is 0 Å². The van der Waals surface area contributed by atoms with Crippen molar-refractivity contribution in [2.24, 2.45) is 5.73 Å². The van der Waals surface area contributed by atoms with Gasteiger partial charge in [-0.05, 0) is 32.0 Å². The molecule has 1 fully saturated rings. The quantitative estimate of drug-likeness (QED) is 0.919. The number of nitrogens with two attached hydrogens (primary N) is 1. The van der Waals surface area contributed by atoms with Crippen molar-refractivity contribution in [3.05, 3.63) is 35.8 Å². The van der Waals surface area contributed by atoms with Gasteiger partial charge in [0, 0.05) is 24.5 Å². The minimum Gasteiger partial charge on any atom is -0.326 e. The van der Waals surface area contributed by atoms with Gasteiger partial charge < -0.3 is 10.1 Å². The van der Waals surface area contributed by atoms with Crippen LogP contribution in [0.3, 0.4) is 0 Å². The molecule has 3 rings (SSSR count). The molecule has 1 aliphatic rings. The van der Waals surface area contributed by atoms with Crippen LogP contribution < -0.4 is 5.73 Å². The summed E-state index contributed by atoms with van der Waals surface area (Å²) in [6.07, 6.45) is 8.07. The second-order valence-electron chi connectivity index (χ2n) is 5.27. The Labute approximate surface area is 114 Å². The first-order valence-corrected chi connectivity index (χ1v) is 7.24. The number of pyridine rings is 1. The topological polar surface area (TPSA) is 46.6 Å². The molecule has 0 amide bonds. The SMILES string of the molecule is CCN1CCCCC1c1cn2cccc(CN)c2n1. The van der Waals surface area contributed by atoms with E-state index in [2.05, 4.69) is 34.7 Å². The number of hydrogen-bond acceptors (Lipinski definition) is 3. The molecule has 0 bridgehead atoms. The fourth-order valence-corrected chi connectivity index (χ4v) is 3.11. The molecule has 0 saturated carbocycles. The number of piperidine rings is 1. The number of fused-ring (bicyclic) bond motifs is 1. The summed E-state index contributed by atoms with van der Waals surface area (Å²) in [7, 11) is 0. The van der Waals surface area contributed by atoms with Gasteiger partial charge in [-0.1, -0.05) is 19.4 Å². The van der Waals surface area contributed by atoms with Crippen molar-refractivity contribution < 1.29 is 0 Å². The molecule has 0 radical (unpaired) electrons. The Morgan fingerprint density at radius 3 is 3.11 bits per heavy atom. The highest BCUT2D eigenvalue weighted by Gasteiger charge is 2.24. The van der Waals surface area contributed by atoms with E-state index in [9.17, 15) is 0 Å². The van der Waals surface area contributed by atoms with Crippen LogP contribution in [0.2, 0.25) is 0 Å². The summed E-state index contributed by atoms with van der Waals surface area (Å²) in [4.78, 5) is 7.38. The number of aromatic nitrogens is 2. The van der Waals surface area contributed by atoms with Crippen molar-refractivity contribution in [1.82, 2.24) is 14.3 Å². The Morgan fingerprint density at radius 2 is 2.32 bits per heavy atom. The highest BCUT2D eigenvalue weighted by molar-refractivity contribution is 5.49. The molecule has 2 aromatic heterocycles. The first-order valence-electron chi connectivity index (χ1n) is 7.24. The van der Waals surface area contributed by atoms with E-state index >= 15 is 0 Å². The molecular weight excluding hydrogens is 236 g/mol. The average molecular weight is 258 g/mol. The molecule has 0 spiro atoms. The van der Waals surface area contributed by atoms with Crippen LogP contribution in [0.4, 0.5) is 0 Å². The molecule has 102 valence electrons. The minimum atomic E-state index is 0.476. The third kappa shape index (κ3) is 2.26. The van der Waals surface area contributed by atoms with Crippen molar-refractivity contribution in [3.8, 4) is 0 Å². The van der Waals surface area contributed by atoms with Gasteiger partial charge in [0.2, 0.25) is 0 Å². The van der Waals surface area contributed by atoms with Crippen LogP contribution in [-0.4, -0.2) is 27.4 Å². The molecule has 0 aliphatic carbocycles. The summed E-state index contributed by atoms with van der Waals surface area (Å²) >= 11 is 0. The molecule has 0 aromatic carbocycles. The lowest BCUT2D eigenvalue weighted by Gasteiger charge is -2.33. The minimum absolute atomic E-state index is 0.476. The molecule has 4 nitrogen and oxygen atoms in total. The second kappa shape index (κ2) is 5.31. The maximum atomic E-state index is 5.79. The molecule has 1 unspecified atom stereocenters. The predicted molar refractivity (Wildman–Crippen MR) is 76.9 cm³/mol. The maximum absolute atomic E-state index is 5.79. The van der Waals surface area contributed by atoms with E-state index in [4.69, 9.17) is 10.7 Å². The van der Waals surface area contributed by atoms with Crippen molar-refractivity contribution >= 4 is 5.65 Å². The maximum Gasteiger partial charge on any atom is 0.141 e.